The van der Waals surface area contributed by atoms with Crippen LogP contribution >= 0.6 is 11.3 Å². The summed E-state index contributed by atoms with van der Waals surface area (Å²) in [5, 5.41) is 14.2. The van der Waals surface area contributed by atoms with Gasteiger partial charge in [0.05, 0.1) is 23.9 Å². The van der Waals surface area contributed by atoms with Gasteiger partial charge < -0.3 is 20.9 Å². The number of aliphatic hydroxyl groups is 1. The van der Waals surface area contributed by atoms with Gasteiger partial charge in [-0.1, -0.05) is 0 Å². The van der Waals surface area contributed by atoms with Crippen LogP contribution in [0.3, 0.4) is 0 Å². The number of carbonyl (C=O) groups excluding carboxylic acids is 1. The molecule has 0 saturated heterocycles. The van der Waals surface area contributed by atoms with Crippen molar-refractivity contribution < 1.29 is 14.6 Å². The van der Waals surface area contributed by atoms with Crippen LogP contribution in [0, 0.1) is 0 Å². The second-order valence-corrected chi connectivity index (χ2v) is 7.02. The molecule has 2 fully saturated rings. The normalized spacial score (nSPS) is 25.6. The molecule has 0 bridgehead atoms. The lowest BCUT2D eigenvalue weighted by molar-refractivity contribution is 0.0607. The molecule has 1 aromatic rings. The number of aliphatic hydroxyl groups excluding tert-OH is 1. The molecule has 2 aliphatic carbocycles. The Kier molecular flexibility index (Phi) is 4.08. The van der Waals surface area contributed by atoms with E-state index in [0.717, 1.165) is 49.1 Å². The van der Waals surface area contributed by atoms with E-state index in [0.29, 0.717) is 22.5 Å². The van der Waals surface area contributed by atoms with Crippen molar-refractivity contribution in [1.29, 1.82) is 0 Å². The lowest BCUT2D eigenvalue weighted by Crippen LogP contribution is -2.28. The molecular weight excluding hydrogens is 288 g/mol. The first kappa shape index (κ1) is 14.7. The zero-order valence-electron chi connectivity index (χ0n) is 12.2. The van der Waals surface area contributed by atoms with E-state index in [-0.39, 0.29) is 12.1 Å². The van der Waals surface area contributed by atoms with E-state index in [1.54, 1.807) is 0 Å². The predicted molar refractivity (Wildman–Crippen MR) is 83.9 cm³/mol. The van der Waals surface area contributed by atoms with Gasteiger partial charge in [-0.2, -0.15) is 0 Å². The molecule has 0 amide bonds. The number of nitrogens with one attached hydrogen (secondary N) is 1. The average molecular weight is 310 g/mol. The summed E-state index contributed by atoms with van der Waals surface area (Å²) in [7, 11) is 1.38. The van der Waals surface area contributed by atoms with Crippen molar-refractivity contribution in [3.63, 3.8) is 0 Å². The fraction of sp³-hybridized carbons (Fsp3) is 0.667. The predicted octanol–water partition coefficient (Wildman–Crippen LogP) is 2.71. The van der Waals surface area contributed by atoms with Crippen molar-refractivity contribution in [2.45, 2.75) is 56.6 Å². The molecule has 1 aromatic heterocycles. The molecule has 116 valence electrons. The summed E-state index contributed by atoms with van der Waals surface area (Å²) in [6, 6.07) is 0.356. The minimum atomic E-state index is -0.355. The van der Waals surface area contributed by atoms with E-state index in [1.165, 1.54) is 18.4 Å². The lowest BCUT2D eigenvalue weighted by atomic mass is 9.93. The third-order valence-electron chi connectivity index (χ3n) is 4.37. The minimum Gasteiger partial charge on any atom is -0.465 e. The largest absolute Gasteiger partial charge is 0.465 e. The van der Waals surface area contributed by atoms with Crippen molar-refractivity contribution in [1.82, 2.24) is 0 Å². The molecule has 1 heterocycles. The van der Waals surface area contributed by atoms with Crippen LogP contribution in [0.1, 0.15) is 59.7 Å². The average Bonchev–Trinajstić information content (AvgIpc) is 3.26. The lowest BCUT2D eigenvalue weighted by Gasteiger charge is -2.27. The van der Waals surface area contributed by atoms with Crippen molar-refractivity contribution in [3.05, 3.63) is 10.4 Å². The second kappa shape index (κ2) is 5.85. The quantitative estimate of drug-likeness (QED) is 0.745. The van der Waals surface area contributed by atoms with Crippen molar-refractivity contribution >= 4 is 28.0 Å². The Morgan fingerprint density at radius 3 is 2.52 bits per heavy atom. The number of ether oxygens (including phenoxy) is 1. The van der Waals surface area contributed by atoms with E-state index < -0.39 is 0 Å². The number of nitrogen functional groups attached to an aromatic ring is 1. The summed E-state index contributed by atoms with van der Waals surface area (Å²) in [6.45, 7) is 0. The fourth-order valence-electron chi connectivity index (χ4n) is 2.99. The number of methoxy groups -OCH3 is 1. The SMILES string of the molecule is COC(=O)c1sc(NC2CCC(O)CC2)c(C2CC2)c1N. The fourth-order valence-corrected chi connectivity index (χ4v) is 4.19. The van der Waals surface area contributed by atoms with Gasteiger partial charge in [-0.3, -0.25) is 0 Å². The molecule has 3 rings (SSSR count). The van der Waals surface area contributed by atoms with Gasteiger partial charge >= 0.3 is 5.97 Å². The van der Waals surface area contributed by atoms with E-state index in [2.05, 4.69) is 5.32 Å². The Morgan fingerprint density at radius 1 is 1.29 bits per heavy atom. The molecular formula is C15H22N2O3S. The third kappa shape index (κ3) is 3.01. The van der Waals surface area contributed by atoms with E-state index in [1.807, 2.05) is 0 Å². The number of anilines is 2. The van der Waals surface area contributed by atoms with Crippen LogP contribution in [0.25, 0.3) is 0 Å². The zero-order chi connectivity index (χ0) is 15.0. The van der Waals surface area contributed by atoms with Crippen LogP contribution in [0.5, 0.6) is 0 Å². The molecule has 4 N–H and O–H groups in total. The molecule has 6 heteroatoms. The molecule has 0 atom stereocenters. The molecule has 0 aromatic carbocycles. The maximum Gasteiger partial charge on any atom is 0.350 e. The summed E-state index contributed by atoms with van der Waals surface area (Å²) >= 11 is 1.41. The first-order chi connectivity index (χ1) is 10.1. The second-order valence-electron chi connectivity index (χ2n) is 6.00. The Labute approximate surface area is 128 Å². The summed E-state index contributed by atoms with van der Waals surface area (Å²) in [6.07, 6.45) is 5.69. The van der Waals surface area contributed by atoms with E-state index in [9.17, 15) is 9.90 Å². The van der Waals surface area contributed by atoms with Gasteiger partial charge in [-0.05, 0) is 44.4 Å². The van der Waals surface area contributed by atoms with Crippen molar-refractivity contribution in [2.75, 3.05) is 18.2 Å². The standard InChI is InChI=1S/C15H22N2O3S/c1-20-15(19)13-12(16)11(8-2-3-8)14(21-13)17-9-4-6-10(18)7-5-9/h8-10,17-18H,2-7,16H2,1H3. The van der Waals surface area contributed by atoms with Gasteiger partial charge in [-0.15, -0.1) is 11.3 Å². The van der Waals surface area contributed by atoms with Crippen molar-refractivity contribution in [2.24, 2.45) is 0 Å². The highest BCUT2D eigenvalue weighted by molar-refractivity contribution is 7.18. The molecule has 0 unspecified atom stereocenters. The van der Waals surface area contributed by atoms with Crippen LogP contribution < -0.4 is 11.1 Å². The van der Waals surface area contributed by atoms with Crippen LogP contribution in [0.4, 0.5) is 10.7 Å². The molecule has 2 saturated carbocycles. The number of thiophene rings is 1. The summed E-state index contributed by atoms with van der Waals surface area (Å²) in [4.78, 5) is 12.3. The van der Waals surface area contributed by atoms with Crippen LogP contribution in [-0.2, 0) is 4.74 Å². The first-order valence-electron chi connectivity index (χ1n) is 7.55. The molecule has 0 aliphatic heterocycles. The number of hydrogen-bond donors (Lipinski definition) is 3. The summed E-state index contributed by atoms with van der Waals surface area (Å²) in [5.41, 5.74) is 7.87. The van der Waals surface area contributed by atoms with Crippen LogP contribution in [0.2, 0.25) is 0 Å². The molecule has 0 radical (unpaired) electrons. The van der Waals surface area contributed by atoms with Crippen LogP contribution in [-0.4, -0.2) is 30.3 Å². The highest BCUT2D eigenvalue weighted by Crippen LogP contribution is 2.51. The van der Waals surface area contributed by atoms with Gasteiger partial charge in [0.15, 0.2) is 0 Å². The topological polar surface area (TPSA) is 84.6 Å². The summed E-state index contributed by atoms with van der Waals surface area (Å²) in [5.74, 6) is 0.128. The van der Waals surface area contributed by atoms with Gasteiger partial charge in [0, 0.05) is 11.6 Å². The Hall–Kier alpha value is -1.27. The number of rotatable bonds is 4. The number of hydrogen-bond acceptors (Lipinski definition) is 6. The smallest absolute Gasteiger partial charge is 0.350 e. The van der Waals surface area contributed by atoms with Crippen molar-refractivity contribution in [3.8, 4) is 0 Å². The zero-order valence-corrected chi connectivity index (χ0v) is 13.0. The number of carbonyl (C=O) groups is 1. The van der Waals surface area contributed by atoms with Gasteiger partial charge in [0.1, 0.15) is 4.88 Å². The van der Waals surface area contributed by atoms with E-state index >= 15 is 0 Å². The highest BCUT2D eigenvalue weighted by Gasteiger charge is 2.34. The maximum absolute atomic E-state index is 11.8. The van der Waals surface area contributed by atoms with Gasteiger partial charge in [0.2, 0.25) is 0 Å². The Morgan fingerprint density at radius 2 is 1.95 bits per heavy atom. The Balaban J connectivity index is 1.81. The molecule has 2 aliphatic rings. The Bertz CT molecular complexity index is 531. The van der Waals surface area contributed by atoms with Crippen LogP contribution in [0.15, 0.2) is 0 Å². The molecule has 0 spiro atoms. The van der Waals surface area contributed by atoms with Gasteiger partial charge in [0.25, 0.3) is 0 Å². The number of esters is 1. The monoisotopic (exact) mass is 310 g/mol. The first-order valence-corrected chi connectivity index (χ1v) is 8.36. The third-order valence-corrected chi connectivity index (χ3v) is 5.50. The molecule has 21 heavy (non-hydrogen) atoms. The highest BCUT2D eigenvalue weighted by atomic mass is 32.1. The minimum absolute atomic E-state index is 0.162. The summed E-state index contributed by atoms with van der Waals surface area (Å²) < 4.78 is 4.82. The van der Waals surface area contributed by atoms with E-state index in [4.69, 9.17) is 10.5 Å². The maximum atomic E-state index is 11.8. The van der Waals surface area contributed by atoms with Gasteiger partial charge in [-0.25, -0.2) is 4.79 Å². The molecule has 5 nitrogen and oxygen atoms in total. The number of nitrogens with two attached hydrogens (primary N) is 1.